The average Bonchev–Trinajstić information content (AvgIpc) is 2.89. The maximum Gasteiger partial charge on any atom is 0.125 e. The maximum atomic E-state index is 4.97. The molecule has 2 aromatic rings. The van der Waals surface area contributed by atoms with Gasteiger partial charge in [0.05, 0.1) is 5.69 Å². The number of aryl methyl sites for hydroxylation is 2. The van der Waals surface area contributed by atoms with Gasteiger partial charge in [-0.25, -0.2) is 4.98 Å². The van der Waals surface area contributed by atoms with E-state index in [0.29, 0.717) is 11.5 Å². The van der Waals surface area contributed by atoms with Crippen LogP contribution < -0.4 is 5.32 Å². The third-order valence-corrected chi connectivity index (χ3v) is 6.28. The molecule has 2 heterocycles. The van der Waals surface area contributed by atoms with Crippen LogP contribution in [0, 0.1) is 19.3 Å². The lowest BCUT2D eigenvalue weighted by atomic mass is 9.76. The van der Waals surface area contributed by atoms with Crippen LogP contribution >= 0.6 is 22.7 Å². The number of thiophene rings is 1. The van der Waals surface area contributed by atoms with Crippen molar-refractivity contribution in [3.63, 3.8) is 0 Å². The van der Waals surface area contributed by atoms with Gasteiger partial charge in [0.1, 0.15) is 5.01 Å². The lowest BCUT2D eigenvalue weighted by Crippen LogP contribution is -2.30. The molecule has 0 saturated carbocycles. The van der Waals surface area contributed by atoms with Gasteiger partial charge < -0.3 is 5.32 Å². The third-order valence-electron chi connectivity index (χ3n) is 4.07. The number of hydrogen-bond donors (Lipinski definition) is 1. The van der Waals surface area contributed by atoms with Gasteiger partial charge in [-0.05, 0) is 45.2 Å². The summed E-state index contributed by atoms with van der Waals surface area (Å²) >= 11 is 3.75. The highest BCUT2D eigenvalue weighted by Crippen LogP contribution is 2.45. The molecule has 108 valence electrons. The second-order valence-electron chi connectivity index (χ2n) is 6.54. The van der Waals surface area contributed by atoms with Crippen molar-refractivity contribution < 1.29 is 0 Å². The Morgan fingerprint density at radius 3 is 2.65 bits per heavy atom. The summed E-state index contributed by atoms with van der Waals surface area (Å²) < 4.78 is 0. The van der Waals surface area contributed by atoms with Crippen molar-refractivity contribution in [1.82, 2.24) is 10.3 Å². The van der Waals surface area contributed by atoms with Gasteiger partial charge >= 0.3 is 0 Å². The summed E-state index contributed by atoms with van der Waals surface area (Å²) in [5.41, 5.74) is 2.98. The summed E-state index contributed by atoms with van der Waals surface area (Å²) in [7, 11) is 2.06. The van der Waals surface area contributed by atoms with Gasteiger partial charge in [-0.2, -0.15) is 0 Å². The van der Waals surface area contributed by atoms with Crippen molar-refractivity contribution >= 4 is 22.7 Å². The molecule has 2 nitrogen and oxygen atoms in total. The van der Waals surface area contributed by atoms with E-state index in [1.807, 2.05) is 22.7 Å². The Labute approximate surface area is 129 Å². The molecule has 20 heavy (non-hydrogen) atoms. The molecule has 4 heteroatoms. The predicted octanol–water partition coefficient (Wildman–Crippen LogP) is 4.72. The Morgan fingerprint density at radius 1 is 1.30 bits per heavy atom. The minimum absolute atomic E-state index is 0.339. The van der Waals surface area contributed by atoms with E-state index in [-0.39, 0.29) is 0 Å². The molecule has 1 aliphatic carbocycles. The Hall–Kier alpha value is -0.710. The number of rotatable bonds is 2. The van der Waals surface area contributed by atoms with Crippen LogP contribution in [0.1, 0.15) is 46.6 Å². The molecule has 0 fully saturated rings. The van der Waals surface area contributed by atoms with Crippen LogP contribution in [0.5, 0.6) is 0 Å². The summed E-state index contributed by atoms with van der Waals surface area (Å²) in [6, 6.07) is 2.74. The first-order chi connectivity index (χ1) is 9.39. The van der Waals surface area contributed by atoms with Gasteiger partial charge in [0.25, 0.3) is 0 Å². The van der Waals surface area contributed by atoms with Gasteiger partial charge in [0.2, 0.25) is 0 Å². The number of hydrogen-bond acceptors (Lipinski definition) is 4. The van der Waals surface area contributed by atoms with Gasteiger partial charge in [-0.1, -0.05) is 13.8 Å². The number of thiazole rings is 1. The minimum Gasteiger partial charge on any atom is -0.312 e. The van der Waals surface area contributed by atoms with E-state index in [1.165, 1.54) is 37.3 Å². The number of nitrogens with zero attached hydrogens (tertiary/aromatic N) is 1. The van der Waals surface area contributed by atoms with E-state index in [2.05, 4.69) is 46.1 Å². The van der Waals surface area contributed by atoms with Crippen LogP contribution in [0.2, 0.25) is 0 Å². The first kappa shape index (κ1) is 14.2. The van der Waals surface area contributed by atoms with E-state index in [9.17, 15) is 0 Å². The van der Waals surface area contributed by atoms with Crippen molar-refractivity contribution in [2.75, 3.05) is 7.05 Å². The normalized spacial score (nSPS) is 20.9. The number of fused-ring (bicyclic) bond motifs is 1. The van der Waals surface area contributed by atoms with E-state index in [1.54, 1.807) is 0 Å². The van der Waals surface area contributed by atoms with Crippen molar-refractivity contribution in [2.24, 2.45) is 5.41 Å². The summed E-state index contributed by atoms with van der Waals surface area (Å²) in [5, 5.41) is 4.68. The first-order valence-electron chi connectivity index (χ1n) is 7.14. The lowest BCUT2D eigenvalue weighted by Gasteiger charge is -2.34. The third kappa shape index (κ3) is 2.45. The quantitative estimate of drug-likeness (QED) is 0.868. The molecule has 0 bridgehead atoms. The first-order valence-corrected chi connectivity index (χ1v) is 8.77. The molecule has 1 unspecified atom stereocenters. The summed E-state index contributed by atoms with van der Waals surface area (Å²) in [6.45, 7) is 9.07. The van der Waals surface area contributed by atoms with Gasteiger partial charge in [0, 0.05) is 26.2 Å². The smallest absolute Gasteiger partial charge is 0.125 e. The molecule has 0 spiro atoms. The molecule has 2 aromatic heterocycles. The molecule has 0 aromatic carbocycles. The van der Waals surface area contributed by atoms with Crippen molar-refractivity contribution in [1.29, 1.82) is 0 Å². The highest BCUT2D eigenvalue weighted by molar-refractivity contribution is 7.16. The molecule has 1 atom stereocenters. The molecule has 3 rings (SSSR count). The topological polar surface area (TPSA) is 24.9 Å². The Bertz CT molecular complexity index is 637. The monoisotopic (exact) mass is 306 g/mol. The zero-order valence-electron chi connectivity index (χ0n) is 12.8. The van der Waals surface area contributed by atoms with Gasteiger partial charge in [0.15, 0.2) is 0 Å². The van der Waals surface area contributed by atoms with Crippen molar-refractivity contribution in [2.45, 2.75) is 46.6 Å². The van der Waals surface area contributed by atoms with Crippen LogP contribution in [0.3, 0.4) is 0 Å². The van der Waals surface area contributed by atoms with Crippen molar-refractivity contribution in [3.8, 4) is 10.6 Å². The lowest BCUT2D eigenvalue weighted by molar-refractivity contribution is 0.265. The van der Waals surface area contributed by atoms with Crippen LogP contribution in [0.25, 0.3) is 10.6 Å². The zero-order chi connectivity index (χ0) is 14.5. The molecule has 0 radical (unpaired) electrons. The molecule has 0 saturated heterocycles. The van der Waals surface area contributed by atoms with Crippen LogP contribution in [-0.4, -0.2) is 12.0 Å². The fourth-order valence-corrected chi connectivity index (χ4v) is 5.38. The molecule has 1 aliphatic rings. The Morgan fingerprint density at radius 2 is 2.05 bits per heavy atom. The van der Waals surface area contributed by atoms with E-state index in [4.69, 9.17) is 4.98 Å². The Balaban J connectivity index is 2.06. The Kier molecular flexibility index (Phi) is 3.51. The zero-order valence-corrected chi connectivity index (χ0v) is 14.5. The van der Waals surface area contributed by atoms with E-state index >= 15 is 0 Å². The molecule has 0 aliphatic heterocycles. The molecular weight excluding hydrogens is 284 g/mol. The largest absolute Gasteiger partial charge is 0.312 e. The number of nitrogens with one attached hydrogen (secondary N) is 1. The number of aromatic nitrogens is 1. The highest BCUT2D eigenvalue weighted by atomic mass is 32.1. The second-order valence-corrected chi connectivity index (χ2v) is 9.03. The molecular formula is C16H22N2S2. The maximum absolute atomic E-state index is 4.97. The van der Waals surface area contributed by atoms with E-state index in [0.717, 1.165) is 6.42 Å². The fraction of sp³-hybridized carbons (Fsp3) is 0.562. The minimum atomic E-state index is 0.339. The SMILES string of the molecule is CNC1CC(C)(C)Cc2nc(-c3cc(C)sc3C)sc21. The highest BCUT2D eigenvalue weighted by Gasteiger charge is 2.34. The summed E-state index contributed by atoms with van der Waals surface area (Å²) in [4.78, 5) is 9.18. The second kappa shape index (κ2) is 4.93. The molecule has 0 amide bonds. The van der Waals surface area contributed by atoms with E-state index < -0.39 is 0 Å². The fourth-order valence-electron chi connectivity index (χ4n) is 3.12. The summed E-state index contributed by atoms with van der Waals surface area (Å²) in [6.07, 6.45) is 2.29. The average molecular weight is 306 g/mol. The van der Waals surface area contributed by atoms with Crippen LogP contribution in [0.15, 0.2) is 6.07 Å². The standard InChI is InChI=1S/C16H22N2S2/c1-9-6-11(10(2)19-9)15-18-13-8-16(3,4)7-12(17-5)14(13)20-15/h6,12,17H,7-8H2,1-5H3. The molecule has 1 N–H and O–H groups in total. The van der Waals surface area contributed by atoms with Crippen molar-refractivity contribution in [3.05, 3.63) is 26.4 Å². The predicted molar refractivity (Wildman–Crippen MR) is 88.8 cm³/mol. The van der Waals surface area contributed by atoms with Gasteiger partial charge in [-0.15, -0.1) is 22.7 Å². The van der Waals surface area contributed by atoms with Crippen LogP contribution in [-0.2, 0) is 6.42 Å². The summed E-state index contributed by atoms with van der Waals surface area (Å²) in [5.74, 6) is 0. The van der Waals surface area contributed by atoms with Gasteiger partial charge in [-0.3, -0.25) is 0 Å². The van der Waals surface area contributed by atoms with Crippen LogP contribution in [0.4, 0.5) is 0 Å².